The quantitative estimate of drug-likeness (QED) is 0.113. The highest BCUT2D eigenvalue weighted by molar-refractivity contribution is 6.30. The van der Waals surface area contributed by atoms with Gasteiger partial charge in [0.2, 0.25) is 0 Å². The molecule has 91 heavy (non-hydrogen) atoms. The molecular formula is C87H76N4. The van der Waals surface area contributed by atoms with E-state index in [0.29, 0.717) is 5.92 Å². The van der Waals surface area contributed by atoms with E-state index in [1.54, 1.807) is 0 Å². The maximum Gasteiger partial charge on any atom is 0.0782 e. The Balaban J connectivity index is 0.970. The minimum absolute atomic E-state index is 0.233. The van der Waals surface area contributed by atoms with Gasteiger partial charge in [-0.1, -0.05) is 199 Å². The molecule has 0 N–H and O–H groups in total. The first-order valence-electron chi connectivity index (χ1n) is 33.6. The van der Waals surface area contributed by atoms with E-state index in [9.17, 15) is 0 Å². The second-order valence-electron chi connectivity index (χ2n) is 27.0. The molecule has 15 aromatic rings. The second kappa shape index (κ2) is 22.0. The summed E-state index contributed by atoms with van der Waals surface area (Å²) in [6.07, 6.45) is 9.07. The van der Waals surface area contributed by atoms with Gasteiger partial charge in [0, 0.05) is 55.1 Å². The summed E-state index contributed by atoms with van der Waals surface area (Å²) in [5.74, 6) is 0.901. The van der Waals surface area contributed by atoms with Crippen LogP contribution in [0.25, 0.3) is 98.4 Å². The van der Waals surface area contributed by atoms with Gasteiger partial charge >= 0.3 is 0 Å². The van der Waals surface area contributed by atoms with Crippen LogP contribution in [0.4, 0.5) is 34.1 Å². The van der Waals surface area contributed by atoms with Crippen molar-refractivity contribution in [2.45, 2.75) is 111 Å². The normalized spacial score (nSPS) is 13.5. The van der Waals surface area contributed by atoms with E-state index in [1.165, 1.54) is 191 Å². The number of fused-ring (bicyclic) bond motifs is 8. The Hall–Kier alpha value is -9.90. The molecule has 17 rings (SSSR count). The highest BCUT2D eigenvalue weighted by Crippen LogP contribution is 2.55. The molecule has 0 unspecified atom stereocenters. The third-order valence-corrected chi connectivity index (χ3v) is 20.8. The molecule has 444 valence electrons. The number of benzene rings is 13. The molecule has 0 radical (unpaired) electrons. The van der Waals surface area contributed by atoms with Gasteiger partial charge in [0.05, 0.1) is 44.8 Å². The highest BCUT2D eigenvalue weighted by atomic mass is 15.2. The average Bonchev–Trinajstić information content (AvgIpc) is 1.21. The molecule has 4 nitrogen and oxygen atoms in total. The van der Waals surface area contributed by atoms with Crippen molar-refractivity contribution < 1.29 is 0 Å². The zero-order valence-electron chi connectivity index (χ0n) is 53.2. The fraction of sp³-hybridized carbons (Fsp3) is 0.195. The van der Waals surface area contributed by atoms with E-state index in [4.69, 9.17) is 0 Å². The molecule has 2 aliphatic rings. The molecule has 0 spiro atoms. The van der Waals surface area contributed by atoms with Crippen LogP contribution in [0, 0.1) is 0 Å². The molecule has 2 aromatic heterocycles. The summed E-state index contributed by atoms with van der Waals surface area (Å²) in [5.41, 5.74) is 26.9. The van der Waals surface area contributed by atoms with Crippen molar-refractivity contribution in [2.24, 2.45) is 0 Å². The van der Waals surface area contributed by atoms with Crippen LogP contribution in [0.2, 0.25) is 0 Å². The molecule has 0 aliphatic heterocycles. The Morgan fingerprint density at radius 3 is 1.35 bits per heavy atom. The fourth-order valence-electron chi connectivity index (χ4n) is 16.4. The van der Waals surface area contributed by atoms with Crippen LogP contribution in [0.5, 0.6) is 0 Å². The number of para-hydroxylation sites is 3. The molecular weight excluding hydrogens is 1100 g/mol. The van der Waals surface area contributed by atoms with Crippen molar-refractivity contribution in [1.82, 2.24) is 9.13 Å². The minimum Gasteiger partial charge on any atom is -0.309 e. The Morgan fingerprint density at radius 2 is 0.747 bits per heavy atom. The first-order valence-corrected chi connectivity index (χ1v) is 33.6. The lowest BCUT2D eigenvalue weighted by Gasteiger charge is -2.34. The van der Waals surface area contributed by atoms with Crippen LogP contribution in [0.15, 0.2) is 237 Å². The van der Waals surface area contributed by atoms with Crippen LogP contribution >= 0.6 is 0 Å². The Bertz CT molecular complexity index is 5330. The Labute approximate surface area is 534 Å². The van der Waals surface area contributed by atoms with Crippen molar-refractivity contribution in [3.63, 3.8) is 0 Å². The smallest absolute Gasteiger partial charge is 0.0782 e. The predicted octanol–water partition coefficient (Wildman–Crippen LogP) is 24.5. The molecule has 2 heterocycles. The SMILES string of the molecule is CC(C)c1ccc(-n2c3ccccc3c3cccc(N(c4cccc5c4CCCC5)c4cc(C(C)C)c5ccc6c(N(c7cccc8c7CCCC8)c7cccc8c7c7ccccc7n8-c7ccc(-c8ccccc8)cc7)cc(C(C)C)c7ccc4c5c76)c32)cc1. The molecule has 0 saturated heterocycles. The van der Waals surface area contributed by atoms with Gasteiger partial charge in [0.25, 0.3) is 0 Å². The van der Waals surface area contributed by atoms with Crippen molar-refractivity contribution in [3.05, 3.63) is 276 Å². The summed E-state index contributed by atoms with van der Waals surface area (Å²) in [6, 6.07) is 91.1. The van der Waals surface area contributed by atoms with Crippen LogP contribution in [-0.2, 0) is 25.7 Å². The highest BCUT2D eigenvalue weighted by Gasteiger charge is 2.32. The fourth-order valence-corrected chi connectivity index (χ4v) is 16.4. The van der Waals surface area contributed by atoms with Crippen LogP contribution in [0.1, 0.15) is 124 Å². The molecule has 0 atom stereocenters. The van der Waals surface area contributed by atoms with Crippen LogP contribution < -0.4 is 9.80 Å². The zero-order chi connectivity index (χ0) is 61.2. The number of hydrogen-bond acceptors (Lipinski definition) is 2. The number of hydrogen-bond donors (Lipinski definition) is 0. The lowest BCUT2D eigenvalue weighted by atomic mass is 9.83. The number of aryl methyl sites for hydroxylation is 2. The maximum atomic E-state index is 2.72. The topological polar surface area (TPSA) is 16.3 Å². The van der Waals surface area contributed by atoms with Gasteiger partial charge in [-0.05, 0) is 220 Å². The van der Waals surface area contributed by atoms with Crippen LogP contribution in [0.3, 0.4) is 0 Å². The number of nitrogens with zero attached hydrogens (tertiary/aromatic N) is 4. The first kappa shape index (κ1) is 55.2. The van der Waals surface area contributed by atoms with Crippen molar-refractivity contribution >= 4 is 110 Å². The number of anilines is 6. The summed E-state index contributed by atoms with van der Waals surface area (Å²) in [4.78, 5) is 5.44. The van der Waals surface area contributed by atoms with Gasteiger partial charge in [-0.2, -0.15) is 0 Å². The molecule has 2 aliphatic carbocycles. The van der Waals surface area contributed by atoms with Crippen LogP contribution in [-0.4, -0.2) is 9.13 Å². The summed E-state index contributed by atoms with van der Waals surface area (Å²) in [5, 5.41) is 12.9. The van der Waals surface area contributed by atoms with E-state index in [0.717, 1.165) is 31.4 Å². The predicted molar refractivity (Wildman–Crippen MR) is 389 cm³/mol. The van der Waals surface area contributed by atoms with Gasteiger partial charge in [0.1, 0.15) is 0 Å². The van der Waals surface area contributed by atoms with Gasteiger partial charge in [0.15, 0.2) is 0 Å². The molecule has 4 heteroatoms. The standard InChI is InChI=1S/C87H76N4/c1-54(2)57-40-44-63(45-41-57)89-77-33-16-14-30-66(77)69-32-20-39-81(87(69)89)91(76-36-19-27-61-25-11-13-29-65(61)76)83-53-74(56(5)6)68-48-50-71-82(52-73(55(3)4)67-49-51-72(83)85(68)84(67)71)90(75-35-18-26-60-24-10-12-28-64(60)75)80-38-21-37-79-86(80)70-31-15-17-34-78(70)88(79)62-46-42-59(43-47-62)58-22-8-7-9-23-58/h7-9,14-23,26-27,30-56H,10-13,24-25,28-29H2,1-6H3. The lowest BCUT2D eigenvalue weighted by Crippen LogP contribution is -2.17. The third-order valence-electron chi connectivity index (χ3n) is 20.8. The Morgan fingerprint density at radius 1 is 0.297 bits per heavy atom. The summed E-state index contributed by atoms with van der Waals surface area (Å²) in [6.45, 7) is 14.2. The lowest BCUT2D eigenvalue weighted by molar-refractivity contribution is 0.686. The molecule has 13 aromatic carbocycles. The second-order valence-corrected chi connectivity index (χ2v) is 27.0. The molecule has 0 fully saturated rings. The van der Waals surface area contributed by atoms with E-state index in [1.807, 2.05) is 0 Å². The van der Waals surface area contributed by atoms with Gasteiger partial charge in [-0.25, -0.2) is 0 Å². The Kier molecular flexibility index (Phi) is 13.3. The number of rotatable bonds is 12. The summed E-state index contributed by atoms with van der Waals surface area (Å²) >= 11 is 0. The minimum atomic E-state index is 0.233. The zero-order valence-corrected chi connectivity index (χ0v) is 53.2. The van der Waals surface area contributed by atoms with E-state index in [-0.39, 0.29) is 11.8 Å². The van der Waals surface area contributed by atoms with E-state index < -0.39 is 0 Å². The third kappa shape index (κ3) is 8.76. The van der Waals surface area contributed by atoms with E-state index in [2.05, 4.69) is 297 Å². The molecule has 0 amide bonds. The number of aromatic nitrogens is 2. The van der Waals surface area contributed by atoms with Crippen molar-refractivity contribution in [2.75, 3.05) is 9.80 Å². The van der Waals surface area contributed by atoms with E-state index >= 15 is 0 Å². The van der Waals surface area contributed by atoms with Gasteiger partial charge < -0.3 is 18.9 Å². The maximum absolute atomic E-state index is 2.72. The molecule has 0 bridgehead atoms. The summed E-state index contributed by atoms with van der Waals surface area (Å²) in [7, 11) is 0. The van der Waals surface area contributed by atoms with Crippen molar-refractivity contribution in [1.29, 1.82) is 0 Å². The van der Waals surface area contributed by atoms with Crippen molar-refractivity contribution in [3.8, 4) is 22.5 Å². The monoisotopic (exact) mass is 1180 g/mol. The summed E-state index contributed by atoms with van der Waals surface area (Å²) < 4.78 is 5.06. The average molecular weight is 1180 g/mol. The largest absolute Gasteiger partial charge is 0.309 e. The van der Waals surface area contributed by atoms with Gasteiger partial charge in [-0.3, -0.25) is 0 Å². The first-order chi connectivity index (χ1) is 44.7. The van der Waals surface area contributed by atoms with Gasteiger partial charge in [-0.15, -0.1) is 0 Å². The molecule has 0 saturated carbocycles.